The molecule has 1 aliphatic carbocycles. The lowest BCUT2D eigenvalue weighted by Crippen LogP contribution is -2.27. The molecule has 1 aliphatic rings. The summed E-state index contributed by atoms with van der Waals surface area (Å²) in [6.45, 7) is 0. The van der Waals surface area contributed by atoms with Crippen molar-refractivity contribution in [3.05, 3.63) is 42.0 Å². The Kier molecular flexibility index (Phi) is 4.47. The highest BCUT2D eigenvalue weighted by molar-refractivity contribution is 7.18. The molecule has 7 heteroatoms. The van der Waals surface area contributed by atoms with Gasteiger partial charge in [-0.05, 0) is 19.3 Å². The number of amides is 1. The molecule has 6 nitrogen and oxygen atoms in total. The number of nitrogens with one attached hydrogen (secondary N) is 1. The van der Waals surface area contributed by atoms with Crippen LogP contribution in [0.4, 0.5) is 5.13 Å². The Hall–Kier alpha value is -2.54. The zero-order valence-electron chi connectivity index (χ0n) is 12.2. The smallest absolute Gasteiger partial charge is 0.311 e. The number of carboxylic acids is 1. The fraction of sp³-hybridized carbons (Fsp3) is 0.250. The van der Waals surface area contributed by atoms with Crippen LogP contribution >= 0.6 is 11.3 Å². The van der Waals surface area contributed by atoms with Gasteiger partial charge in [0.15, 0.2) is 0 Å². The van der Waals surface area contributed by atoms with E-state index >= 15 is 0 Å². The van der Waals surface area contributed by atoms with Crippen molar-refractivity contribution in [2.24, 2.45) is 5.92 Å². The maximum atomic E-state index is 12.3. The van der Waals surface area contributed by atoms with E-state index in [1.165, 1.54) is 11.3 Å². The molecule has 1 unspecified atom stereocenters. The van der Waals surface area contributed by atoms with Crippen LogP contribution in [0.3, 0.4) is 0 Å². The molecule has 0 spiro atoms. The number of carbonyl (C=O) groups is 2. The summed E-state index contributed by atoms with van der Waals surface area (Å²) in [5.74, 6) is -2.12. The molecule has 0 saturated carbocycles. The van der Waals surface area contributed by atoms with Gasteiger partial charge in [-0.25, -0.2) is 0 Å². The lowest BCUT2D eigenvalue weighted by molar-refractivity contribution is -0.141. The molecule has 0 saturated heterocycles. The van der Waals surface area contributed by atoms with Gasteiger partial charge in [0.2, 0.25) is 5.13 Å². The van der Waals surface area contributed by atoms with E-state index in [2.05, 4.69) is 15.5 Å². The largest absolute Gasteiger partial charge is 0.481 e. The first-order valence-electron chi connectivity index (χ1n) is 7.28. The monoisotopic (exact) mass is 329 g/mol. The molecule has 118 valence electrons. The van der Waals surface area contributed by atoms with Gasteiger partial charge in [0.1, 0.15) is 5.01 Å². The Labute approximate surface area is 136 Å². The van der Waals surface area contributed by atoms with E-state index in [-0.39, 0.29) is 0 Å². The molecule has 0 bridgehead atoms. The van der Waals surface area contributed by atoms with Gasteiger partial charge >= 0.3 is 5.97 Å². The number of benzene rings is 1. The third kappa shape index (κ3) is 3.45. The average molecular weight is 329 g/mol. The molecular formula is C16H15N3O3S. The molecule has 1 heterocycles. The summed E-state index contributed by atoms with van der Waals surface area (Å²) >= 11 is 1.26. The van der Waals surface area contributed by atoms with Crippen LogP contribution in [0, 0.1) is 5.92 Å². The minimum absolute atomic E-state index is 0.306. The number of carboxylic acid groups (broad SMARTS) is 1. The van der Waals surface area contributed by atoms with E-state index < -0.39 is 17.8 Å². The van der Waals surface area contributed by atoms with Crippen LogP contribution in [0.1, 0.15) is 19.3 Å². The van der Waals surface area contributed by atoms with Crippen molar-refractivity contribution in [2.75, 3.05) is 5.32 Å². The first kappa shape index (κ1) is 15.4. The number of nitrogens with zero attached hydrogens (tertiary/aromatic N) is 2. The Morgan fingerprint density at radius 1 is 1.22 bits per heavy atom. The summed E-state index contributed by atoms with van der Waals surface area (Å²) in [6.07, 6.45) is 3.69. The van der Waals surface area contributed by atoms with Crippen LogP contribution in [-0.2, 0) is 9.59 Å². The van der Waals surface area contributed by atoms with E-state index in [4.69, 9.17) is 0 Å². The molecule has 1 aromatic carbocycles. The van der Waals surface area contributed by atoms with Gasteiger partial charge in [0.25, 0.3) is 5.91 Å². The third-order valence-corrected chi connectivity index (χ3v) is 4.55. The van der Waals surface area contributed by atoms with Crippen LogP contribution in [-0.4, -0.2) is 27.2 Å². The van der Waals surface area contributed by atoms with E-state index in [1.807, 2.05) is 30.3 Å². The molecule has 3 rings (SSSR count). The van der Waals surface area contributed by atoms with Gasteiger partial charge in [-0.2, -0.15) is 0 Å². The molecule has 2 N–H and O–H groups in total. The number of aromatic nitrogens is 2. The lowest BCUT2D eigenvalue weighted by Gasteiger charge is -2.19. The second-order valence-corrected chi connectivity index (χ2v) is 6.19. The highest BCUT2D eigenvalue weighted by atomic mass is 32.1. The average Bonchev–Trinajstić information content (AvgIpc) is 3.04. The Morgan fingerprint density at radius 2 is 2.00 bits per heavy atom. The Morgan fingerprint density at radius 3 is 2.74 bits per heavy atom. The van der Waals surface area contributed by atoms with Crippen LogP contribution in [0.25, 0.3) is 10.6 Å². The van der Waals surface area contributed by atoms with Crippen molar-refractivity contribution in [3.8, 4) is 10.6 Å². The van der Waals surface area contributed by atoms with Crippen LogP contribution in [0.15, 0.2) is 42.0 Å². The Bertz CT molecular complexity index is 755. The highest BCUT2D eigenvalue weighted by Gasteiger charge is 2.29. The van der Waals surface area contributed by atoms with E-state index in [1.54, 1.807) is 6.08 Å². The molecule has 0 aliphatic heterocycles. The number of hydrogen-bond donors (Lipinski definition) is 2. The third-order valence-electron chi connectivity index (χ3n) is 3.66. The molecular weight excluding hydrogens is 314 g/mol. The summed E-state index contributed by atoms with van der Waals surface area (Å²) in [5.41, 5.74) is 1.23. The molecule has 0 fully saturated rings. The van der Waals surface area contributed by atoms with Gasteiger partial charge in [-0.15, -0.1) is 10.2 Å². The predicted octanol–water partition coefficient (Wildman–Crippen LogP) is 2.95. The van der Waals surface area contributed by atoms with E-state index in [9.17, 15) is 14.7 Å². The van der Waals surface area contributed by atoms with Crippen molar-refractivity contribution in [2.45, 2.75) is 19.3 Å². The number of rotatable bonds is 4. The second kappa shape index (κ2) is 6.70. The van der Waals surface area contributed by atoms with Crippen molar-refractivity contribution >= 4 is 28.3 Å². The first-order chi connectivity index (χ1) is 11.1. The number of hydrogen-bond acceptors (Lipinski definition) is 5. The number of anilines is 1. The van der Waals surface area contributed by atoms with Crippen LogP contribution in [0.2, 0.25) is 0 Å². The van der Waals surface area contributed by atoms with Crippen LogP contribution < -0.4 is 5.32 Å². The second-order valence-electron chi connectivity index (χ2n) is 5.21. The number of allylic oxidation sites excluding steroid dienone is 1. The summed E-state index contributed by atoms with van der Waals surface area (Å²) in [7, 11) is 0. The quantitative estimate of drug-likeness (QED) is 0.899. The summed E-state index contributed by atoms with van der Waals surface area (Å²) in [5, 5.41) is 21.0. The van der Waals surface area contributed by atoms with Crippen molar-refractivity contribution in [3.63, 3.8) is 0 Å². The number of carbonyl (C=O) groups excluding carboxylic acids is 1. The minimum atomic E-state index is -0.965. The van der Waals surface area contributed by atoms with Gasteiger partial charge in [-0.1, -0.05) is 47.7 Å². The fourth-order valence-corrected chi connectivity index (χ4v) is 3.27. The molecule has 1 atom stereocenters. The SMILES string of the molecule is O=C(Nc1nnc(-c2ccccc2)s1)C1=CCCCC1C(=O)O. The number of aliphatic carboxylic acids is 1. The molecule has 23 heavy (non-hydrogen) atoms. The highest BCUT2D eigenvalue weighted by Crippen LogP contribution is 2.29. The summed E-state index contributed by atoms with van der Waals surface area (Å²) in [4.78, 5) is 23.6. The molecule has 1 aromatic heterocycles. The lowest BCUT2D eigenvalue weighted by atomic mass is 9.87. The maximum Gasteiger partial charge on any atom is 0.311 e. The maximum absolute atomic E-state index is 12.3. The minimum Gasteiger partial charge on any atom is -0.481 e. The molecule has 2 aromatic rings. The fourth-order valence-electron chi connectivity index (χ4n) is 2.53. The van der Waals surface area contributed by atoms with Crippen molar-refractivity contribution in [1.29, 1.82) is 0 Å². The molecule has 1 amide bonds. The van der Waals surface area contributed by atoms with Crippen molar-refractivity contribution < 1.29 is 14.7 Å². The van der Waals surface area contributed by atoms with Gasteiger partial charge in [0, 0.05) is 11.1 Å². The summed E-state index contributed by atoms with van der Waals surface area (Å²) < 4.78 is 0. The zero-order valence-corrected chi connectivity index (χ0v) is 13.0. The zero-order chi connectivity index (χ0) is 16.2. The van der Waals surface area contributed by atoms with E-state index in [0.29, 0.717) is 22.1 Å². The van der Waals surface area contributed by atoms with Gasteiger partial charge in [-0.3, -0.25) is 14.9 Å². The topological polar surface area (TPSA) is 92.2 Å². The standard InChI is InChI=1S/C16H15N3O3S/c20-13(11-8-4-5-9-12(11)15(21)22)17-16-19-18-14(23-16)10-6-2-1-3-7-10/h1-3,6-8,12H,4-5,9H2,(H,21,22)(H,17,19,20). The van der Waals surface area contributed by atoms with Gasteiger partial charge < -0.3 is 5.11 Å². The van der Waals surface area contributed by atoms with Crippen molar-refractivity contribution in [1.82, 2.24) is 10.2 Å². The van der Waals surface area contributed by atoms with Crippen LogP contribution in [0.5, 0.6) is 0 Å². The van der Waals surface area contributed by atoms with E-state index in [0.717, 1.165) is 18.4 Å². The first-order valence-corrected chi connectivity index (χ1v) is 8.10. The Balaban J connectivity index is 1.75. The summed E-state index contributed by atoms with van der Waals surface area (Å²) in [6, 6.07) is 9.54. The van der Waals surface area contributed by atoms with Gasteiger partial charge in [0.05, 0.1) is 5.92 Å². The predicted molar refractivity (Wildman–Crippen MR) is 87.0 cm³/mol. The normalized spacial score (nSPS) is 17.4. The molecule has 0 radical (unpaired) electrons.